The Bertz CT molecular complexity index is 717. The van der Waals surface area contributed by atoms with Crippen LogP contribution in [0.25, 0.3) is 22.6 Å². The number of ether oxygens (including phenoxy) is 1. The number of methoxy groups -OCH3 is 1. The van der Waals surface area contributed by atoms with E-state index in [4.69, 9.17) is 15.0 Å². The van der Waals surface area contributed by atoms with Gasteiger partial charge in [-0.05, 0) is 24.3 Å². The lowest BCUT2D eigenvalue weighted by Gasteiger charge is -2.00. The van der Waals surface area contributed by atoms with Crippen molar-refractivity contribution in [2.45, 2.75) is 0 Å². The van der Waals surface area contributed by atoms with Gasteiger partial charge >= 0.3 is 0 Å². The molecule has 0 bridgehead atoms. The van der Waals surface area contributed by atoms with E-state index >= 15 is 0 Å². The Hall–Kier alpha value is -2.75. The zero-order chi connectivity index (χ0) is 13.9. The minimum Gasteiger partial charge on any atom is -0.497 e. The van der Waals surface area contributed by atoms with Crippen LogP contribution in [0.3, 0.4) is 0 Å². The number of nitrogens with two attached hydrogens (primary N) is 1. The highest BCUT2D eigenvalue weighted by atomic mass is 16.5. The van der Waals surface area contributed by atoms with E-state index < -0.39 is 0 Å². The van der Waals surface area contributed by atoms with Gasteiger partial charge < -0.3 is 15.0 Å². The standard InChI is InChI=1S/C16H14N2O2/c1-19-14-4-2-3-12(9-14)16-10-15(18-20-16)11-5-7-13(17)8-6-11/h2-10H,17H2,1H3. The quantitative estimate of drug-likeness (QED) is 0.736. The van der Waals surface area contributed by atoms with Crippen LogP contribution in [0.4, 0.5) is 5.69 Å². The summed E-state index contributed by atoms with van der Waals surface area (Å²) in [6, 6.07) is 17.1. The Morgan fingerprint density at radius 2 is 1.80 bits per heavy atom. The Morgan fingerprint density at radius 1 is 1.00 bits per heavy atom. The summed E-state index contributed by atoms with van der Waals surface area (Å²) in [5.74, 6) is 1.49. The molecule has 1 heterocycles. The molecule has 0 spiro atoms. The third kappa shape index (κ3) is 2.36. The zero-order valence-corrected chi connectivity index (χ0v) is 11.0. The Kier molecular flexibility index (Phi) is 3.13. The molecule has 0 fully saturated rings. The third-order valence-corrected chi connectivity index (χ3v) is 3.07. The van der Waals surface area contributed by atoms with Crippen LogP contribution in [-0.2, 0) is 0 Å². The van der Waals surface area contributed by atoms with Gasteiger partial charge in [0.2, 0.25) is 0 Å². The Balaban J connectivity index is 1.95. The summed E-state index contributed by atoms with van der Waals surface area (Å²) < 4.78 is 10.6. The van der Waals surface area contributed by atoms with Crippen molar-refractivity contribution in [2.24, 2.45) is 0 Å². The fourth-order valence-electron chi connectivity index (χ4n) is 1.98. The van der Waals surface area contributed by atoms with Gasteiger partial charge in [0.25, 0.3) is 0 Å². The topological polar surface area (TPSA) is 61.3 Å². The third-order valence-electron chi connectivity index (χ3n) is 3.07. The maximum absolute atomic E-state index is 5.68. The Labute approximate surface area is 116 Å². The molecule has 3 aromatic rings. The van der Waals surface area contributed by atoms with Gasteiger partial charge in [0.1, 0.15) is 11.4 Å². The van der Waals surface area contributed by atoms with Crippen molar-refractivity contribution >= 4 is 5.69 Å². The van der Waals surface area contributed by atoms with E-state index in [0.29, 0.717) is 5.76 Å². The van der Waals surface area contributed by atoms with Crippen molar-refractivity contribution in [3.63, 3.8) is 0 Å². The minimum absolute atomic E-state index is 0.704. The van der Waals surface area contributed by atoms with Crippen molar-refractivity contribution in [3.05, 3.63) is 54.6 Å². The average molecular weight is 266 g/mol. The van der Waals surface area contributed by atoms with Crippen LogP contribution in [-0.4, -0.2) is 12.3 Å². The lowest BCUT2D eigenvalue weighted by Crippen LogP contribution is -1.83. The van der Waals surface area contributed by atoms with E-state index in [0.717, 1.165) is 28.3 Å². The minimum atomic E-state index is 0.704. The summed E-state index contributed by atoms with van der Waals surface area (Å²) >= 11 is 0. The first-order valence-corrected chi connectivity index (χ1v) is 6.23. The van der Waals surface area contributed by atoms with Crippen LogP contribution in [0, 0.1) is 0 Å². The number of aromatic nitrogens is 1. The van der Waals surface area contributed by atoms with Gasteiger partial charge in [0, 0.05) is 22.9 Å². The Morgan fingerprint density at radius 3 is 2.55 bits per heavy atom. The number of nitrogens with zero attached hydrogens (tertiary/aromatic N) is 1. The second-order valence-electron chi connectivity index (χ2n) is 4.43. The molecule has 2 aromatic carbocycles. The molecule has 3 rings (SSSR count). The second kappa shape index (κ2) is 5.09. The van der Waals surface area contributed by atoms with Gasteiger partial charge in [0.15, 0.2) is 5.76 Å². The first-order valence-electron chi connectivity index (χ1n) is 6.23. The summed E-state index contributed by atoms with van der Waals surface area (Å²) in [5.41, 5.74) is 9.08. The first-order chi connectivity index (χ1) is 9.76. The number of hydrogen-bond donors (Lipinski definition) is 1. The number of nitrogen functional groups attached to an aromatic ring is 1. The van der Waals surface area contributed by atoms with Crippen molar-refractivity contribution in [2.75, 3.05) is 12.8 Å². The number of rotatable bonds is 3. The normalized spacial score (nSPS) is 10.4. The number of anilines is 1. The summed E-state index contributed by atoms with van der Waals surface area (Å²) in [4.78, 5) is 0. The fraction of sp³-hybridized carbons (Fsp3) is 0.0625. The van der Waals surface area contributed by atoms with E-state index in [2.05, 4.69) is 5.16 Å². The van der Waals surface area contributed by atoms with Gasteiger partial charge in [-0.15, -0.1) is 0 Å². The maximum atomic E-state index is 5.68. The molecule has 2 N–H and O–H groups in total. The molecule has 4 heteroatoms. The SMILES string of the molecule is COc1cccc(-c2cc(-c3ccc(N)cc3)no2)c1. The van der Waals surface area contributed by atoms with E-state index in [9.17, 15) is 0 Å². The molecule has 0 saturated heterocycles. The smallest absolute Gasteiger partial charge is 0.167 e. The molecule has 1 aromatic heterocycles. The monoisotopic (exact) mass is 266 g/mol. The predicted molar refractivity (Wildman–Crippen MR) is 78.3 cm³/mol. The van der Waals surface area contributed by atoms with E-state index in [-0.39, 0.29) is 0 Å². The summed E-state index contributed by atoms with van der Waals surface area (Å²) in [7, 11) is 1.64. The van der Waals surface area contributed by atoms with E-state index in [1.807, 2.05) is 54.6 Å². The zero-order valence-electron chi connectivity index (χ0n) is 11.0. The highest BCUT2D eigenvalue weighted by Gasteiger charge is 2.09. The molecule has 0 atom stereocenters. The summed E-state index contributed by atoms with van der Waals surface area (Å²) in [6.07, 6.45) is 0. The molecule has 0 saturated carbocycles. The van der Waals surface area contributed by atoms with Crippen LogP contribution < -0.4 is 10.5 Å². The molecule has 0 radical (unpaired) electrons. The molecule has 0 aliphatic heterocycles. The van der Waals surface area contributed by atoms with Crippen LogP contribution in [0.1, 0.15) is 0 Å². The van der Waals surface area contributed by atoms with Gasteiger partial charge in [-0.1, -0.05) is 29.4 Å². The molecule has 4 nitrogen and oxygen atoms in total. The van der Waals surface area contributed by atoms with E-state index in [1.54, 1.807) is 7.11 Å². The van der Waals surface area contributed by atoms with E-state index in [1.165, 1.54) is 0 Å². The molecule has 20 heavy (non-hydrogen) atoms. The fourth-order valence-corrected chi connectivity index (χ4v) is 1.98. The second-order valence-corrected chi connectivity index (χ2v) is 4.43. The highest BCUT2D eigenvalue weighted by molar-refractivity contribution is 5.68. The molecular weight excluding hydrogens is 252 g/mol. The first kappa shape index (κ1) is 12.3. The lowest BCUT2D eigenvalue weighted by molar-refractivity contribution is 0.413. The van der Waals surface area contributed by atoms with Gasteiger partial charge in [-0.3, -0.25) is 0 Å². The average Bonchev–Trinajstić information content (AvgIpc) is 2.98. The van der Waals surface area contributed by atoms with Gasteiger partial charge in [-0.25, -0.2) is 0 Å². The number of hydrogen-bond acceptors (Lipinski definition) is 4. The van der Waals surface area contributed by atoms with Crippen LogP contribution >= 0.6 is 0 Å². The largest absolute Gasteiger partial charge is 0.497 e. The van der Waals surface area contributed by atoms with Gasteiger partial charge in [0.05, 0.1) is 7.11 Å². The van der Waals surface area contributed by atoms with Gasteiger partial charge in [-0.2, -0.15) is 0 Å². The predicted octanol–water partition coefficient (Wildman–Crippen LogP) is 3.60. The summed E-state index contributed by atoms with van der Waals surface area (Å²) in [6.45, 7) is 0. The van der Waals surface area contributed by atoms with Crippen molar-refractivity contribution in [3.8, 4) is 28.3 Å². The van der Waals surface area contributed by atoms with Crippen molar-refractivity contribution < 1.29 is 9.26 Å². The molecule has 0 aliphatic carbocycles. The van der Waals surface area contributed by atoms with Crippen LogP contribution in [0.5, 0.6) is 5.75 Å². The van der Waals surface area contributed by atoms with Crippen LogP contribution in [0.15, 0.2) is 59.1 Å². The maximum Gasteiger partial charge on any atom is 0.167 e. The molecule has 0 unspecified atom stereocenters. The molecule has 100 valence electrons. The van der Waals surface area contributed by atoms with Crippen LogP contribution in [0.2, 0.25) is 0 Å². The molecule has 0 amide bonds. The summed E-state index contributed by atoms with van der Waals surface area (Å²) in [5, 5.41) is 4.09. The molecular formula is C16H14N2O2. The van der Waals surface area contributed by atoms with Crippen molar-refractivity contribution in [1.82, 2.24) is 5.16 Å². The molecule has 0 aliphatic rings. The highest BCUT2D eigenvalue weighted by Crippen LogP contribution is 2.28. The lowest BCUT2D eigenvalue weighted by atomic mass is 10.1. The number of benzene rings is 2. The van der Waals surface area contributed by atoms with Crippen molar-refractivity contribution in [1.29, 1.82) is 0 Å².